The van der Waals surface area contributed by atoms with Crippen molar-refractivity contribution in [2.75, 3.05) is 13.1 Å². The number of hydrogen-bond acceptors (Lipinski definition) is 2. The lowest BCUT2D eigenvalue weighted by Crippen LogP contribution is -2.57. The van der Waals surface area contributed by atoms with Crippen LogP contribution >= 0.6 is 0 Å². The minimum Gasteiger partial charge on any atom is -0.385 e. The molecule has 2 heteroatoms. The summed E-state index contributed by atoms with van der Waals surface area (Å²) in [7, 11) is 0. The molecular weight excluding hydrogens is 318 g/mol. The molecule has 1 N–H and O–H groups in total. The van der Waals surface area contributed by atoms with Gasteiger partial charge in [0.1, 0.15) is 0 Å². The van der Waals surface area contributed by atoms with E-state index < -0.39 is 5.60 Å². The van der Waals surface area contributed by atoms with E-state index in [4.69, 9.17) is 0 Å². The highest BCUT2D eigenvalue weighted by Crippen LogP contribution is 2.47. The van der Waals surface area contributed by atoms with Gasteiger partial charge in [0.05, 0.1) is 5.60 Å². The van der Waals surface area contributed by atoms with Crippen molar-refractivity contribution >= 4 is 0 Å². The Kier molecular flexibility index (Phi) is 4.90. The maximum absolute atomic E-state index is 11.5. The molecule has 0 unspecified atom stereocenters. The average molecular weight is 350 g/mol. The molecule has 2 aliphatic rings. The summed E-state index contributed by atoms with van der Waals surface area (Å²) in [6.07, 6.45) is 7.27. The first-order valence-corrected chi connectivity index (χ1v) is 10.2. The lowest BCUT2D eigenvalue weighted by Gasteiger charge is -2.53. The third kappa shape index (κ3) is 3.00. The van der Waals surface area contributed by atoms with Crippen molar-refractivity contribution in [1.29, 1.82) is 0 Å². The second-order valence-electron chi connectivity index (χ2n) is 8.35. The van der Waals surface area contributed by atoms with Gasteiger partial charge in [-0.05, 0) is 30.4 Å². The van der Waals surface area contributed by atoms with Gasteiger partial charge < -0.3 is 5.11 Å². The minimum atomic E-state index is -0.704. The zero-order valence-corrected chi connectivity index (χ0v) is 15.9. The third-order valence-electron chi connectivity index (χ3n) is 6.94. The Morgan fingerprint density at radius 3 is 1.96 bits per heavy atom. The topological polar surface area (TPSA) is 23.5 Å². The molecule has 2 fully saturated rings. The zero-order chi connectivity index (χ0) is 18.0. The van der Waals surface area contributed by atoms with Crippen LogP contribution in [0.25, 0.3) is 0 Å². The Hall–Kier alpha value is -1.64. The average Bonchev–Trinajstić information content (AvgIpc) is 2.72. The van der Waals surface area contributed by atoms with E-state index in [1.165, 1.54) is 37.7 Å². The molecule has 2 aromatic carbocycles. The molecule has 138 valence electrons. The predicted octanol–water partition coefficient (Wildman–Crippen LogP) is 5.08. The molecule has 0 radical (unpaired) electrons. The van der Waals surface area contributed by atoms with E-state index in [1.54, 1.807) is 0 Å². The summed E-state index contributed by atoms with van der Waals surface area (Å²) in [5.41, 5.74) is 2.00. The highest BCUT2D eigenvalue weighted by Gasteiger charge is 2.47. The van der Waals surface area contributed by atoms with Gasteiger partial charge in [-0.15, -0.1) is 0 Å². The van der Waals surface area contributed by atoms with Gasteiger partial charge in [0.25, 0.3) is 0 Å². The fraction of sp³-hybridized carbons (Fsp3) is 0.500. The highest BCUT2D eigenvalue weighted by atomic mass is 16.3. The molecule has 0 bridgehead atoms. The summed E-state index contributed by atoms with van der Waals surface area (Å²) >= 11 is 0. The second kappa shape index (κ2) is 7.17. The molecule has 0 aromatic heterocycles. The van der Waals surface area contributed by atoms with Crippen LogP contribution in [0.1, 0.15) is 56.6 Å². The number of benzene rings is 2. The standard InChI is InChI=1S/C24H31NO/c1-20-19-25(18-17-24(20,26)22-13-7-3-8-14-22)23(15-9-4-10-16-23)21-11-5-2-6-12-21/h2-3,5-8,11-14,20,26H,4,9-10,15-19H2,1H3/t20-,24+/m0/s1. The van der Waals surface area contributed by atoms with E-state index in [0.717, 1.165) is 25.1 Å². The molecular formula is C24H31NO. The number of likely N-dealkylation sites (tertiary alicyclic amines) is 1. The van der Waals surface area contributed by atoms with E-state index in [2.05, 4.69) is 54.3 Å². The second-order valence-corrected chi connectivity index (χ2v) is 8.35. The van der Waals surface area contributed by atoms with Crippen molar-refractivity contribution in [3.8, 4) is 0 Å². The Morgan fingerprint density at radius 1 is 0.808 bits per heavy atom. The fourth-order valence-electron chi connectivity index (χ4n) is 5.34. The maximum Gasteiger partial charge on any atom is 0.0946 e. The van der Waals surface area contributed by atoms with Crippen molar-refractivity contribution in [2.45, 2.75) is 56.6 Å². The summed E-state index contributed by atoms with van der Waals surface area (Å²) < 4.78 is 0. The van der Waals surface area contributed by atoms with Crippen molar-refractivity contribution in [3.05, 3.63) is 71.8 Å². The zero-order valence-electron chi connectivity index (χ0n) is 15.9. The summed E-state index contributed by atoms with van der Waals surface area (Å²) in [6.45, 7) is 4.14. The van der Waals surface area contributed by atoms with Crippen molar-refractivity contribution in [2.24, 2.45) is 5.92 Å². The Labute approximate surface area is 157 Å². The van der Waals surface area contributed by atoms with E-state index in [-0.39, 0.29) is 11.5 Å². The molecule has 0 amide bonds. The number of aliphatic hydroxyl groups is 1. The monoisotopic (exact) mass is 349 g/mol. The van der Waals surface area contributed by atoms with Crippen LogP contribution in [0.5, 0.6) is 0 Å². The van der Waals surface area contributed by atoms with Crippen molar-refractivity contribution in [1.82, 2.24) is 4.90 Å². The first kappa shape index (κ1) is 17.8. The summed E-state index contributed by atoms with van der Waals surface area (Å²) in [5, 5.41) is 11.5. The first-order chi connectivity index (χ1) is 12.7. The van der Waals surface area contributed by atoms with E-state index >= 15 is 0 Å². The van der Waals surface area contributed by atoms with Crippen LogP contribution in [0.4, 0.5) is 0 Å². The third-order valence-corrected chi connectivity index (χ3v) is 6.94. The van der Waals surface area contributed by atoms with Gasteiger partial charge in [-0.3, -0.25) is 4.90 Å². The maximum atomic E-state index is 11.5. The summed E-state index contributed by atoms with van der Waals surface area (Å²) in [6, 6.07) is 21.4. The van der Waals surface area contributed by atoms with Crippen LogP contribution in [-0.2, 0) is 11.1 Å². The summed E-state index contributed by atoms with van der Waals surface area (Å²) in [5.74, 6) is 0.223. The van der Waals surface area contributed by atoms with Gasteiger partial charge >= 0.3 is 0 Å². The Bertz CT molecular complexity index is 708. The van der Waals surface area contributed by atoms with E-state index in [9.17, 15) is 5.11 Å². The van der Waals surface area contributed by atoms with E-state index in [1.807, 2.05) is 18.2 Å². The molecule has 2 nitrogen and oxygen atoms in total. The van der Waals surface area contributed by atoms with Gasteiger partial charge in [-0.1, -0.05) is 86.8 Å². The van der Waals surface area contributed by atoms with E-state index in [0.29, 0.717) is 0 Å². The number of hydrogen-bond donors (Lipinski definition) is 1. The van der Waals surface area contributed by atoms with Crippen LogP contribution in [0.15, 0.2) is 60.7 Å². The van der Waals surface area contributed by atoms with Crippen LogP contribution < -0.4 is 0 Å². The minimum absolute atomic E-state index is 0.159. The van der Waals surface area contributed by atoms with Crippen LogP contribution in [0.3, 0.4) is 0 Å². The van der Waals surface area contributed by atoms with Gasteiger partial charge in [0, 0.05) is 24.5 Å². The quantitative estimate of drug-likeness (QED) is 0.836. The molecule has 0 spiro atoms. The molecule has 1 heterocycles. The molecule has 1 aliphatic carbocycles. The Balaban J connectivity index is 1.62. The molecule has 4 rings (SSSR count). The van der Waals surface area contributed by atoms with Gasteiger partial charge in [0.2, 0.25) is 0 Å². The molecule has 2 aromatic rings. The molecule has 26 heavy (non-hydrogen) atoms. The van der Waals surface area contributed by atoms with Crippen LogP contribution in [0, 0.1) is 5.92 Å². The van der Waals surface area contributed by atoms with Crippen LogP contribution in [0.2, 0.25) is 0 Å². The van der Waals surface area contributed by atoms with Gasteiger partial charge in [-0.2, -0.15) is 0 Å². The van der Waals surface area contributed by atoms with Crippen LogP contribution in [-0.4, -0.2) is 23.1 Å². The Morgan fingerprint density at radius 2 is 1.38 bits per heavy atom. The van der Waals surface area contributed by atoms with Gasteiger partial charge in [0.15, 0.2) is 0 Å². The molecule has 1 saturated carbocycles. The van der Waals surface area contributed by atoms with Gasteiger partial charge in [-0.25, -0.2) is 0 Å². The lowest BCUT2D eigenvalue weighted by molar-refractivity contribution is -0.104. The molecule has 1 saturated heterocycles. The number of nitrogens with zero attached hydrogens (tertiary/aromatic N) is 1. The summed E-state index contributed by atoms with van der Waals surface area (Å²) in [4.78, 5) is 2.70. The normalized spacial score (nSPS) is 29.4. The first-order valence-electron chi connectivity index (χ1n) is 10.2. The SMILES string of the molecule is C[C@H]1CN(C2(c3ccccc3)CCCCC2)CC[C@]1(O)c1ccccc1. The smallest absolute Gasteiger partial charge is 0.0946 e. The fourth-order valence-corrected chi connectivity index (χ4v) is 5.34. The van der Waals surface area contributed by atoms with Crippen molar-refractivity contribution < 1.29 is 5.11 Å². The number of rotatable bonds is 3. The lowest BCUT2D eigenvalue weighted by atomic mass is 9.71. The number of piperidine rings is 1. The highest BCUT2D eigenvalue weighted by molar-refractivity contribution is 5.28. The molecule has 2 atom stereocenters. The largest absolute Gasteiger partial charge is 0.385 e. The predicted molar refractivity (Wildman–Crippen MR) is 107 cm³/mol. The van der Waals surface area contributed by atoms with Crippen molar-refractivity contribution in [3.63, 3.8) is 0 Å². The molecule has 1 aliphatic heterocycles.